The monoisotopic (exact) mass is 216 g/mol. The van der Waals surface area contributed by atoms with Gasteiger partial charge in [0.05, 0.1) is 0 Å². The molecule has 0 aromatic heterocycles. The van der Waals surface area contributed by atoms with Crippen molar-refractivity contribution in [2.45, 2.75) is 6.92 Å². The zero-order valence-electron chi connectivity index (χ0n) is 2.69. The van der Waals surface area contributed by atoms with Crippen LogP contribution >= 0.6 is 33.2 Å². The molecular weight excluding hydrogens is 206 g/mol. The summed E-state index contributed by atoms with van der Waals surface area (Å²) in [6, 6.07) is 0. The van der Waals surface area contributed by atoms with Crippen LogP contribution in [-0.4, -0.2) is 29.2 Å². The SMILES string of the molecule is CCP.I.[MgH2]. The lowest BCUT2D eigenvalue weighted by atomic mass is 11.0. The Morgan fingerprint density at radius 2 is 1.60 bits per heavy atom. The molecule has 0 rings (SSSR count). The van der Waals surface area contributed by atoms with E-state index in [9.17, 15) is 0 Å². The summed E-state index contributed by atoms with van der Waals surface area (Å²) in [5, 5.41) is 0. The van der Waals surface area contributed by atoms with E-state index in [2.05, 4.69) is 16.2 Å². The topological polar surface area (TPSA) is 0 Å². The summed E-state index contributed by atoms with van der Waals surface area (Å²) in [6.07, 6.45) is 1.17. The van der Waals surface area contributed by atoms with Gasteiger partial charge in [-0.05, 0) is 6.16 Å². The summed E-state index contributed by atoms with van der Waals surface area (Å²) >= 11 is 0. The van der Waals surface area contributed by atoms with Gasteiger partial charge in [0.15, 0.2) is 0 Å². The van der Waals surface area contributed by atoms with Gasteiger partial charge in [-0.3, -0.25) is 0 Å². The quantitative estimate of drug-likeness (QED) is 0.316. The van der Waals surface area contributed by atoms with Gasteiger partial charge in [0.2, 0.25) is 0 Å². The van der Waals surface area contributed by atoms with E-state index in [4.69, 9.17) is 0 Å². The molecule has 0 aromatic carbocycles. The second-order valence-electron chi connectivity index (χ2n) is 0.408. The predicted octanol–water partition coefficient (Wildman–Crippen LogP) is 0.583. The molecule has 0 N–H and O–H groups in total. The summed E-state index contributed by atoms with van der Waals surface area (Å²) in [5.41, 5.74) is 0. The summed E-state index contributed by atoms with van der Waals surface area (Å²) in [6.45, 7) is 2.09. The van der Waals surface area contributed by atoms with Gasteiger partial charge in [-0.1, -0.05) is 6.92 Å². The van der Waals surface area contributed by atoms with Gasteiger partial charge in [0, 0.05) is 0 Å². The molecule has 0 aliphatic heterocycles. The first-order valence-electron chi connectivity index (χ1n) is 1.12. The Hall–Kier alpha value is 1.93. The largest absolute Gasteiger partial charge is 0.316 e. The Morgan fingerprint density at radius 3 is 1.60 bits per heavy atom. The molecule has 1 unspecified atom stereocenters. The average molecular weight is 216 g/mol. The minimum Gasteiger partial charge on any atom is -0.138 e. The highest BCUT2D eigenvalue weighted by molar-refractivity contribution is 14.0. The second kappa shape index (κ2) is 16.8. The fraction of sp³-hybridized carbons (Fsp3) is 1.00. The van der Waals surface area contributed by atoms with Crippen molar-refractivity contribution < 1.29 is 0 Å². The van der Waals surface area contributed by atoms with Gasteiger partial charge in [-0.2, -0.15) is 0 Å². The molecule has 0 heterocycles. The molecule has 32 valence electrons. The molecule has 0 aliphatic carbocycles. The van der Waals surface area contributed by atoms with Gasteiger partial charge in [0.25, 0.3) is 0 Å². The molecule has 0 saturated heterocycles. The molecule has 3 heteroatoms. The Morgan fingerprint density at radius 1 is 1.60 bits per heavy atom. The lowest BCUT2D eigenvalue weighted by Crippen LogP contribution is -1.33. The Labute approximate surface area is 68.8 Å². The molecule has 0 bridgehead atoms. The van der Waals surface area contributed by atoms with Crippen molar-refractivity contribution >= 4 is 56.3 Å². The summed E-state index contributed by atoms with van der Waals surface area (Å²) in [7, 11) is 2.58. The third-order valence-corrected chi connectivity index (χ3v) is 0. The first-order chi connectivity index (χ1) is 1.41. The van der Waals surface area contributed by atoms with Crippen LogP contribution in [-0.2, 0) is 0 Å². The Kier molecular flexibility index (Phi) is 53.0. The normalized spacial score (nSPS) is 3.60. The number of halogens is 1. The minimum absolute atomic E-state index is 0. The van der Waals surface area contributed by atoms with Gasteiger partial charge < -0.3 is 0 Å². The van der Waals surface area contributed by atoms with Gasteiger partial charge in [0.1, 0.15) is 0 Å². The smallest absolute Gasteiger partial charge is 0.138 e. The molecule has 5 heavy (non-hydrogen) atoms. The molecule has 0 fully saturated rings. The van der Waals surface area contributed by atoms with Crippen LogP contribution in [0.4, 0.5) is 0 Å². The molecular formula is C2H10IMgP. The molecule has 0 saturated carbocycles. The Balaban J connectivity index is -0.0000000200. The van der Waals surface area contributed by atoms with Gasteiger partial charge in [-0.25, -0.2) is 0 Å². The van der Waals surface area contributed by atoms with E-state index in [-0.39, 0.29) is 47.0 Å². The van der Waals surface area contributed by atoms with Crippen LogP contribution in [0.25, 0.3) is 0 Å². The summed E-state index contributed by atoms with van der Waals surface area (Å²) in [4.78, 5) is 0. The zero-order valence-corrected chi connectivity index (χ0v) is 6.18. The maximum absolute atomic E-state index is 2.58. The van der Waals surface area contributed by atoms with E-state index in [1.54, 1.807) is 0 Å². The van der Waals surface area contributed by atoms with E-state index in [0.29, 0.717) is 0 Å². The van der Waals surface area contributed by atoms with Crippen molar-refractivity contribution in [2.24, 2.45) is 0 Å². The van der Waals surface area contributed by atoms with Crippen molar-refractivity contribution in [1.29, 1.82) is 0 Å². The minimum atomic E-state index is 0. The lowest BCUT2D eigenvalue weighted by Gasteiger charge is -1.48. The van der Waals surface area contributed by atoms with Crippen LogP contribution < -0.4 is 0 Å². The van der Waals surface area contributed by atoms with Crippen LogP contribution in [0, 0.1) is 0 Å². The predicted molar refractivity (Wildman–Crippen MR) is 44.2 cm³/mol. The second-order valence-corrected chi connectivity index (χ2v) is 1.22. The maximum Gasteiger partial charge on any atom is 0.316 e. The van der Waals surface area contributed by atoms with E-state index in [1.807, 2.05) is 0 Å². The highest BCUT2D eigenvalue weighted by Gasteiger charge is 1.35. The van der Waals surface area contributed by atoms with Crippen LogP contribution in [0.3, 0.4) is 0 Å². The lowest BCUT2D eigenvalue weighted by molar-refractivity contribution is 1.53. The van der Waals surface area contributed by atoms with Crippen LogP contribution in [0.5, 0.6) is 0 Å². The first-order valence-corrected chi connectivity index (χ1v) is 1.93. The number of hydrogen-bond donors (Lipinski definition) is 0. The van der Waals surface area contributed by atoms with Gasteiger partial charge in [-0.15, -0.1) is 33.2 Å². The molecule has 1 atom stereocenters. The fourth-order valence-electron chi connectivity index (χ4n) is 0. The van der Waals surface area contributed by atoms with Crippen molar-refractivity contribution in [3.63, 3.8) is 0 Å². The van der Waals surface area contributed by atoms with Crippen LogP contribution in [0.15, 0.2) is 0 Å². The number of rotatable bonds is 0. The maximum atomic E-state index is 2.58. The van der Waals surface area contributed by atoms with Crippen molar-refractivity contribution in [1.82, 2.24) is 0 Å². The van der Waals surface area contributed by atoms with Crippen molar-refractivity contribution in [2.75, 3.05) is 6.16 Å². The summed E-state index contributed by atoms with van der Waals surface area (Å²) in [5.74, 6) is 0. The fourth-order valence-corrected chi connectivity index (χ4v) is 0. The standard InChI is InChI=1S/C2H7P.HI.Mg.2H/c1-2-3;;;;/h2-3H2,1H3;1H;;;. The number of hydrogen-bond acceptors (Lipinski definition) is 0. The van der Waals surface area contributed by atoms with Crippen LogP contribution in [0.1, 0.15) is 6.92 Å². The first kappa shape index (κ1) is 15.8. The van der Waals surface area contributed by atoms with E-state index in [1.165, 1.54) is 6.16 Å². The van der Waals surface area contributed by atoms with Crippen molar-refractivity contribution in [3.8, 4) is 0 Å². The zero-order chi connectivity index (χ0) is 2.71. The molecule has 0 amide bonds. The highest BCUT2D eigenvalue weighted by Crippen LogP contribution is 1.68. The van der Waals surface area contributed by atoms with E-state index >= 15 is 0 Å². The summed E-state index contributed by atoms with van der Waals surface area (Å²) < 4.78 is 0. The van der Waals surface area contributed by atoms with Gasteiger partial charge >= 0.3 is 23.1 Å². The van der Waals surface area contributed by atoms with Crippen molar-refractivity contribution in [3.05, 3.63) is 0 Å². The Bertz CT molecular complexity index is 9.61. The average Bonchev–Trinajstić information content (AvgIpc) is 0.918. The van der Waals surface area contributed by atoms with E-state index < -0.39 is 0 Å². The third-order valence-electron chi connectivity index (χ3n) is 0. The molecule has 0 aliphatic rings. The molecule has 0 aromatic rings. The van der Waals surface area contributed by atoms with E-state index in [0.717, 1.165) is 0 Å². The van der Waals surface area contributed by atoms with Crippen LogP contribution in [0.2, 0.25) is 0 Å². The molecule has 0 spiro atoms. The molecule has 0 radical (unpaired) electrons. The highest BCUT2D eigenvalue weighted by atomic mass is 127. The molecule has 0 nitrogen and oxygen atoms in total. The third kappa shape index (κ3) is 24.6.